The van der Waals surface area contributed by atoms with Gasteiger partial charge in [-0.05, 0) is 49.1 Å². The first kappa shape index (κ1) is 14.3. The van der Waals surface area contributed by atoms with Crippen LogP contribution < -0.4 is 0 Å². The summed E-state index contributed by atoms with van der Waals surface area (Å²) in [5, 5.41) is 0. The van der Waals surface area contributed by atoms with E-state index in [9.17, 15) is 13.2 Å². The molecule has 18 heavy (non-hydrogen) atoms. The van der Waals surface area contributed by atoms with Crippen molar-refractivity contribution in [2.45, 2.75) is 20.3 Å². The number of halogens is 3. The number of hydrogen-bond acceptors (Lipinski definition) is 0. The van der Waals surface area contributed by atoms with E-state index in [0.29, 0.717) is 12.0 Å². The summed E-state index contributed by atoms with van der Waals surface area (Å²) < 4.78 is 39.0. The molecule has 0 aliphatic carbocycles. The summed E-state index contributed by atoms with van der Waals surface area (Å²) in [5.41, 5.74) is 1.79. The Balaban J connectivity index is 2.98. The SMILES string of the molecule is C=C(CC(/C=C\C)=C/C)c1cc(F)c(F)c(F)c1. The minimum absolute atomic E-state index is 0.273. The molecule has 0 spiro atoms. The Bertz CT molecular complexity index is 487. The highest BCUT2D eigenvalue weighted by Gasteiger charge is 2.12. The summed E-state index contributed by atoms with van der Waals surface area (Å²) in [7, 11) is 0. The average molecular weight is 252 g/mol. The molecular formula is C15H15F3. The maximum atomic E-state index is 13.1. The van der Waals surface area contributed by atoms with Crippen molar-refractivity contribution in [3.8, 4) is 0 Å². The molecular weight excluding hydrogens is 237 g/mol. The maximum absolute atomic E-state index is 13.1. The standard InChI is InChI=1S/C15H15F3/c1-4-6-11(5-2)7-10(3)12-8-13(16)15(18)14(17)9-12/h4-6,8-9H,3,7H2,1-2H3/b6-4-,11-5+. The minimum atomic E-state index is -1.45. The Hall–Kier alpha value is -1.77. The molecule has 0 heterocycles. The molecule has 0 saturated carbocycles. The summed E-state index contributed by atoms with van der Waals surface area (Å²) in [6.07, 6.45) is 6.11. The van der Waals surface area contributed by atoms with Gasteiger partial charge in [0, 0.05) is 0 Å². The van der Waals surface area contributed by atoms with Gasteiger partial charge in [-0.15, -0.1) is 0 Å². The first-order valence-corrected chi connectivity index (χ1v) is 5.60. The first-order valence-electron chi connectivity index (χ1n) is 5.60. The lowest BCUT2D eigenvalue weighted by atomic mass is 9.99. The van der Waals surface area contributed by atoms with Gasteiger partial charge < -0.3 is 0 Å². The van der Waals surface area contributed by atoms with E-state index < -0.39 is 17.5 Å². The Labute approximate surface area is 105 Å². The molecule has 0 aliphatic heterocycles. The van der Waals surface area contributed by atoms with Gasteiger partial charge in [0.15, 0.2) is 17.5 Å². The topological polar surface area (TPSA) is 0 Å². The van der Waals surface area contributed by atoms with E-state index >= 15 is 0 Å². The molecule has 0 aliphatic rings. The van der Waals surface area contributed by atoms with E-state index in [4.69, 9.17) is 0 Å². The van der Waals surface area contributed by atoms with Crippen molar-refractivity contribution in [1.29, 1.82) is 0 Å². The Morgan fingerprint density at radius 1 is 1.17 bits per heavy atom. The van der Waals surface area contributed by atoms with Crippen LogP contribution in [0.1, 0.15) is 25.8 Å². The van der Waals surface area contributed by atoms with Gasteiger partial charge >= 0.3 is 0 Å². The van der Waals surface area contributed by atoms with Crippen molar-refractivity contribution in [2.24, 2.45) is 0 Å². The smallest absolute Gasteiger partial charge is 0.194 e. The molecule has 1 aromatic carbocycles. The molecule has 0 aromatic heterocycles. The van der Waals surface area contributed by atoms with Crippen molar-refractivity contribution >= 4 is 5.57 Å². The Kier molecular flexibility index (Phi) is 4.95. The van der Waals surface area contributed by atoms with Crippen LogP contribution in [0, 0.1) is 17.5 Å². The molecule has 1 aromatic rings. The van der Waals surface area contributed by atoms with Crippen LogP contribution in [0.5, 0.6) is 0 Å². The van der Waals surface area contributed by atoms with Gasteiger partial charge in [-0.2, -0.15) is 0 Å². The fourth-order valence-corrected chi connectivity index (χ4v) is 1.58. The molecule has 0 fully saturated rings. The van der Waals surface area contributed by atoms with Crippen molar-refractivity contribution in [1.82, 2.24) is 0 Å². The zero-order valence-electron chi connectivity index (χ0n) is 10.4. The Morgan fingerprint density at radius 3 is 2.17 bits per heavy atom. The molecule has 96 valence electrons. The molecule has 0 atom stereocenters. The van der Waals surface area contributed by atoms with Gasteiger partial charge in [-0.25, -0.2) is 13.2 Å². The minimum Gasteiger partial charge on any atom is -0.204 e. The van der Waals surface area contributed by atoms with Gasteiger partial charge in [0.25, 0.3) is 0 Å². The second kappa shape index (κ2) is 6.24. The fourth-order valence-electron chi connectivity index (χ4n) is 1.58. The van der Waals surface area contributed by atoms with Crippen LogP contribution in [0.2, 0.25) is 0 Å². The molecule has 0 N–H and O–H groups in total. The zero-order chi connectivity index (χ0) is 13.7. The summed E-state index contributed by atoms with van der Waals surface area (Å²) in [4.78, 5) is 0. The fraction of sp³-hybridized carbons (Fsp3) is 0.200. The first-order chi connectivity index (χ1) is 8.49. The highest BCUT2D eigenvalue weighted by molar-refractivity contribution is 5.66. The van der Waals surface area contributed by atoms with Crippen LogP contribution in [-0.2, 0) is 0 Å². The second-order valence-electron chi connectivity index (χ2n) is 3.90. The summed E-state index contributed by atoms with van der Waals surface area (Å²) >= 11 is 0. The molecule has 0 nitrogen and oxygen atoms in total. The normalized spacial score (nSPS) is 12.2. The van der Waals surface area contributed by atoms with E-state index in [2.05, 4.69) is 6.58 Å². The molecule has 0 amide bonds. The van der Waals surface area contributed by atoms with Crippen LogP contribution in [0.25, 0.3) is 5.57 Å². The molecule has 0 radical (unpaired) electrons. The van der Waals surface area contributed by atoms with Crippen molar-refractivity contribution in [2.75, 3.05) is 0 Å². The van der Waals surface area contributed by atoms with Crippen LogP contribution in [0.3, 0.4) is 0 Å². The van der Waals surface area contributed by atoms with E-state index in [1.165, 1.54) is 0 Å². The van der Waals surface area contributed by atoms with Gasteiger partial charge in [0.1, 0.15) is 0 Å². The van der Waals surface area contributed by atoms with Crippen LogP contribution >= 0.6 is 0 Å². The predicted octanol–water partition coefficient (Wildman–Crippen LogP) is 5.03. The maximum Gasteiger partial charge on any atom is 0.194 e. The number of rotatable bonds is 4. The van der Waals surface area contributed by atoms with Gasteiger partial charge in [0.05, 0.1) is 0 Å². The van der Waals surface area contributed by atoms with E-state index in [1.54, 1.807) is 0 Å². The number of hydrogen-bond donors (Lipinski definition) is 0. The largest absolute Gasteiger partial charge is 0.204 e. The number of benzene rings is 1. The molecule has 1 rings (SSSR count). The van der Waals surface area contributed by atoms with Gasteiger partial charge in [-0.3, -0.25) is 0 Å². The highest BCUT2D eigenvalue weighted by atomic mass is 19.2. The van der Waals surface area contributed by atoms with Gasteiger partial charge in [0.2, 0.25) is 0 Å². The van der Waals surface area contributed by atoms with Crippen LogP contribution in [-0.4, -0.2) is 0 Å². The summed E-state index contributed by atoms with van der Waals surface area (Å²) in [6, 6.07) is 1.92. The van der Waals surface area contributed by atoms with Crippen LogP contribution in [0.4, 0.5) is 13.2 Å². The average Bonchev–Trinajstić information content (AvgIpc) is 2.34. The lowest BCUT2D eigenvalue weighted by Crippen LogP contribution is -1.94. The summed E-state index contributed by atoms with van der Waals surface area (Å²) in [6.45, 7) is 7.52. The third-order valence-electron chi connectivity index (χ3n) is 2.56. The third-order valence-corrected chi connectivity index (χ3v) is 2.56. The van der Waals surface area contributed by atoms with E-state index in [-0.39, 0.29) is 5.56 Å². The van der Waals surface area contributed by atoms with Crippen LogP contribution in [0.15, 0.2) is 42.5 Å². The number of allylic oxidation sites excluding steroid dienone is 5. The van der Waals surface area contributed by atoms with Crippen molar-refractivity contribution < 1.29 is 13.2 Å². The third kappa shape index (κ3) is 3.36. The lowest BCUT2D eigenvalue weighted by molar-refractivity contribution is 0.446. The van der Waals surface area contributed by atoms with Crippen molar-refractivity contribution in [3.05, 3.63) is 65.5 Å². The molecule has 0 bridgehead atoms. The van der Waals surface area contributed by atoms with Gasteiger partial charge in [-0.1, -0.05) is 24.8 Å². The summed E-state index contributed by atoms with van der Waals surface area (Å²) in [5.74, 6) is -3.84. The molecule has 3 heteroatoms. The van der Waals surface area contributed by atoms with E-state index in [1.807, 2.05) is 32.1 Å². The highest BCUT2D eigenvalue weighted by Crippen LogP contribution is 2.24. The zero-order valence-corrected chi connectivity index (χ0v) is 10.4. The Morgan fingerprint density at radius 2 is 1.72 bits per heavy atom. The quantitative estimate of drug-likeness (QED) is 0.520. The molecule has 0 unspecified atom stereocenters. The predicted molar refractivity (Wildman–Crippen MR) is 68.5 cm³/mol. The lowest BCUT2D eigenvalue weighted by Gasteiger charge is -2.08. The molecule has 0 saturated heterocycles. The monoisotopic (exact) mass is 252 g/mol. The van der Waals surface area contributed by atoms with E-state index in [0.717, 1.165) is 17.7 Å². The van der Waals surface area contributed by atoms with Crippen molar-refractivity contribution in [3.63, 3.8) is 0 Å². The second-order valence-corrected chi connectivity index (χ2v) is 3.90.